The van der Waals surface area contributed by atoms with Crippen LogP contribution in [-0.2, 0) is 0 Å². The van der Waals surface area contributed by atoms with Gasteiger partial charge in [-0.05, 0) is 0 Å². The van der Waals surface area contributed by atoms with Gasteiger partial charge in [-0.2, -0.15) is 0 Å². The van der Waals surface area contributed by atoms with Gasteiger partial charge >= 0.3 is 137 Å². The van der Waals surface area contributed by atoms with Crippen molar-refractivity contribution in [1.82, 2.24) is 0 Å². The van der Waals surface area contributed by atoms with Crippen LogP contribution in [0.2, 0.25) is 58.9 Å². The van der Waals surface area contributed by atoms with Gasteiger partial charge in [0.2, 0.25) is 0 Å². The Morgan fingerprint density at radius 3 is 0.882 bits per heavy atom. The van der Waals surface area contributed by atoms with E-state index in [1.807, 2.05) is 0 Å². The summed E-state index contributed by atoms with van der Waals surface area (Å²) in [5.41, 5.74) is 0. The zero-order chi connectivity index (χ0) is 14.1. The fourth-order valence-corrected chi connectivity index (χ4v) is 285. The molecule has 0 aliphatic carbocycles. The SMILES string of the molecule is C[Si](C)(C)[Se]P(=[Se])([Se][Si](C)(C)C)[Se][Si](C)(C)C. The molecular weight excluding hydrogens is 539 g/mol. The molecule has 17 heavy (non-hydrogen) atoms. The first-order chi connectivity index (χ1) is 7.12. The monoisotopic (exact) mass is 570 g/mol. The maximum atomic E-state index is 3.86. The third-order valence-electron chi connectivity index (χ3n) is 1.16. The predicted molar refractivity (Wildman–Crippen MR) is 100.0 cm³/mol. The van der Waals surface area contributed by atoms with Gasteiger partial charge < -0.3 is 0 Å². The summed E-state index contributed by atoms with van der Waals surface area (Å²) in [7, 11) is 0. The maximum absolute atomic E-state index is 3.86. The normalized spacial score (nSPS) is 15.1. The third kappa shape index (κ3) is 12.6. The second kappa shape index (κ2) is 6.95. The summed E-state index contributed by atoms with van der Waals surface area (Å²) in [6, 6.07) is 0. The molecule has 0 amide bonds. The van der Waals surface area contributed by atoms with Crippen LogP contribution in [0.15, 0.2) is 0 Å². The molecular formula is C9H27PSe4Si3. The van der Waals surface area contributed by atoms with E-state index >= 15 is 0 Å². The molecule has 0 unspecified atom stereocenters. The van der Waals surface area contributed by atoms with Crippen molar-refractivity contribution >= 4 is 78.3 Å². The minimum absolute atomic E-state index is 0.586. The summed E-state index contributed by atoms with van der Waals surface area (Å²) in [4.78, 5) is 0. The van der Waals surface area contributed by atoms with E-state index in [0.717, 1.165) is 41.6 Å². The number of hydrogen-bond donors (Lipinski definition) is 0. The van der Waals surface area contributed by atoms with Crippen LogP contribution in [0.4, 0.5) is 0 Å². The van der Waals surface area contributed by atoms with E-state index in [4.69, 9.17) is 0 Å². The second-order valence-corrected chi connectivity index (χ2v) is 91.2. The first-order valence-corrected chi connectivity index (χ1v) is 34.4. The van der Waals surface area contributed by atoms with Gasteiger partial charge in [0.25, 0.3) is 0 Å². The van der Waals surface area contributed by atoms with Crippen molar-refractivity contribution in [2.24, 2.45) is 0 Å². The predicted octanol–water partition coefficient (Wildman–Crippen LogP) is 3.45. The summed E-state index contributed by atoms with van der Waals surface area (Å²) < 4.78 is -0.586. The standard InChI is InChI=1S/C9H27PSe4Si3/c1-15(2,3)12-10(11,13-16(4,5)6)14-17(7,8)9/h1-9H3. The van der Waals surface area contributed by atoms with Gasteiger partial charge in [0.15, 0.2) is 0 Å². The Balaban J connectivity index is 5.03. The molecule has 104 valence electrons. The molecule has 0 saturated heterocycles. The molecule has 0 fully saturated rings. The van der Waals surface area contributed by atoms with Crippen molar-refractivity contribution in [2.75, 3.05) is 0 Å². The van der Waals surface area contributed by atoms with Gasteiger partial charge in [0.05, 0.1) is 0 Å². The molecule has 0 nitrogen and oxygen atoms in total. The van der Waals surface area contributed by atoms with E-state index < -0.39 is 21.6 Å². The van der Waals surface area contributed by atoms with E-state index in [1.165, 1.54) is 0 Å². The Morgan fingerprint density at radius 1 is 0.588 bits per heavy atom. The Bertz CT molecular complexity index is 253. The second-order valence-electron chi connectivity index (χ2n) is 7.06. The fourth-order valence-electron chi connectivity index (χ4n) is 1.06. The molecule has 8 heteroatoms. The molecule has 0 bridgehead atoms. The minimum atomic E-state index is -0.836. The molecule has 0 spiro atoms. The molecule has 0 aromatic heterocycles. The molecule has 0 aromatic carbocycles. The Hall–Kier alpha value is 3.16. The van der Waals surface area contributed by atoms with Crippen molar-refractivity contribution in [3.8, 4) is 0 Å². The molecule has 0 aliphatic heterocycles. The molecule has 0 aromatic rings. The summed E-state index contributed by atoms with van der Waals surface area (Å²) >= 11 is 6.86. The van der Waals surface area contributed by atoms with Gasteiger partial charge in [-0.25, -0.2) is 0 Å². The van der Waals surface area contributed by atoms with Crippen molar-refractivity contribution in [3.63, 3.8) is 0 Å². The summed E-state index contributed by atoms with van der Waals surface area (Å²) in [6.45, 7) is 20.9. The Labute approximate surface area is 136 Å². The average Bonchev–Trinajstić information content (AvgIpc) is 1.65. The Kier molecular flexibility index (Phi) is 8.24. The number of hydrogen-bond acceptors (Lipinski definition) is 0. The van der Waals surface area contributed by atoms with Gasteiger partial charge in [0, 0.05) is 0 Å². The van der Waals surface area contributed by atoms with Crippen LogP contribution < -0.4 is 0 Å². The summed E-state index contributed by atoms with van der Waals surface area (Å²) in [5.74, 6) is 0. The van der Waals surface area contributed by atoms with Gasteiger partial charge in [0.1, 0.15) is 0 Å². The molecule has 0 radical (unpaired) electrons. The van der Waals surface area contributed by atoms with Crippen LogP contribution >= 0.6 is 1.58 Å². The van der Waals surface area contributed by atoms with Crippen molar-refractivity contribution in [1.29, 1.82) is 0 Å². The molecule has 0 atom stereocenters. The quantitative estimate of drug-likeness (QED) is 0.342. The summed E-state index contributed by atoms with van der Waals surface area (Å²) in [5, 5.41) is 0. The van der Waals surface area contributed by atoms with Crippen LogP contribution in [0.3, 0.4) is 0 Å². The van der Waals surface area contributed by atoms with E-state index in [0.29, 0.717) is 0 Å². The van der Waals surface area contributed by atoms with E-state index in [-0.39, 0.29) is 0 Å². The third-order valence-corrected chi connectivity index (χ3v) is 120. The fraction of sp³-hybridized carbons (Fsp3) is 1.00. The zero-order valence-corrected chi connectivity index (χ0v) is 23.3. The van der Waals surface area contributed by atoms with Crippen molar-refractivity contribution in [2.45, 2.75) is 58.9 Å². The van der Waals surface area contributed by atoms with Crippen LogP contribution in [0.5, 0.6) is 0 Å². The molecule has 0 heterocycles. The molecule has 0 aliphatic rings. The molecule has 0 rings (SSSR count). The van der Waals surface area contributed by atoms with E-state index in [2.05, 4.69) is 74.0 Å². The molecule has 0 saturated carbocycles. The van der Waals surface area contributed by atoms with E-state index in [9.17, 15) is 0 Å². The number of rotatable bonds is 6. The van der Waals surface area contributed by atoms with Gasteiger partial charge in [-0.1, -0.05) is 0 Å². The Morgan fingerprint density at radius 2 is 0.765 bits per heavy atom. The van der Waals surface area contributed by atoms with E-state index in [1.54, 1.807) is 0 Å². The van der Waals surface area contributed by atoms with Crippen LogP contribution in [0.1, 0.15) is 0 Å². The zero-order valence-electron chi connectivity index (χ0n) is 12.6. The average molecular weight is 566 g/mol. The topological polar surface area (TPSA) is 0 Å². The van der Waals surface area contributed by atoms with Crippen LogP contribution in [0, 0.1) is 0 Å². The van der Waals surface area contributed by atoms with Crippen molar-refractivity contribution < 1.29 is 0 Å². The van der Waals surface area contributed by atoms with Crippen molar-refractivity contribution in [3.05, 3.63) is 0 Å². The first-order valence-electron chi connectivity index (χ1n) is 5.84. The van der Waals surface area contributed by atoms with Crippen LogP contribution in [-0.4, -0.2) is 76.8 Å². The van der Waals surface area contributed by atoms with Gasteiger partial charge in [-0.3, -0.25) is 0 Å². The summed E-state index contributed by atoms with van der Waals surface area (Å²) in [6.07, 6.45) is 0. The van der Waals surface area contributed by atoms with Crippen LogP contribution in [0.25, 0.3) is 0 Å². The van der Waals surface area contributed by atoms with Gasteiger partial charge in [-0.15, -0.1) is 0 Å². The first kappa shape index (κ1) is 20.2. The molecule has 0 N–H and O–H groups in total.